The van der Waals surface area contributed by atoms with E-state index in [4.69, 9.17) is 22.5 Å². The predicted molar refractivity (Wildman–Crippen MR) is 85.7 cm³/mol. The zero-order valence-electron chi connectivity index (χ0n) is 11.4. The number of rotatable bonds is 4. The van der Waals surface area contributed by atoms with Crippen molar-refractivity contribution in [3.63, 3.8) is 0 Å². The first-order valence-electron chi connectivity index (χ1n) is 6.18. The minimum absolute atomic E-state index is 0.0288. The maximum atomic E-state index is 11.5. The Labute approximate surface area is 129 Å². The van der Waals surface area contributed by atoms with Gasteiger partial charge < -0.3 is 11.1 Å². The second kappa shape index (κ2) is 5.93. The Bertz CT molecular complexity index is 759. The second-order valence-electron chi connectivity index (χ2n) is 4.72. The molecule has 0 fully saturated rings. The largest absolute Gasteiger partial charge is 0.399 e. The Morgan fingerprint density at radius 3 is 2.38 bits per heavy atom. The number of hydrogen-bond donors (Lipinski definition) is 3. The smallest absolute Gasteiger partial charge is 0.238 e. The molecule has 0 bridgehead atoms. The summed E-state index contributed by atoms with van der Waals surface area (Å²) in [6.07, 6.45) is 0. The molecule has 7 heteroatoms. The fourth-order valence-corrected chi connectivity index (χ4v) is 2.95. The van der Waals surface area contributed by atoms with Crippen LogP contribution in [0.15, 0.2) is 41.3 Å². The summed E-state index contributed by atoms with van der Waals surface area (Å²) in [5.74, 6) is 0. The first-order chi connectivity index (χ1) is 9.77. The fourth-order valence-electron chi connectivity index (χ4n) is 1.99. The number of nitrogens with one attached hydrogen (secondary N) is 1. The molecule has 0 aliphatic carbocycles. The van der Waals surface area contributed by atoms with Gasteiger partial charge in [-0.2, -0.15) is 0 Å². The SMILES string of the molecule is Cc1c(NCc2ccc(Cl)cc2)cc(N)cc1S(N)(=O)=O. The van der Waals surface area contributed by atoms with Gasteiger partial charge in [-0.3, -0.25) is 0 Å². The summed E-state index contributed by atoms with van der Waals surface area (Å²) < 4.78 is 23.1. The van der Waals surface area contributed by atoms with Crippen LogP contribution in [-0.2, 0) is 16.6 Å². The van der Waals surface area contributed by atoms with Gasteiger partial charge in [-0.15, -0.1) is 0 Å². The summed E-state index contributed by atoms with van der Waals surface area (Å²) in [5, 5.41) is 9.01. The van der Waals surface area contributed by atoms with Crippen LogP contribution in [0.5, 0.6) is 0 Å². The van der Waals surface area contributed by atoms with E-state index in [0.29, 0.717) is 28.5 Å². The minimum atomic E-state index is -3.80. The Morgan fingerprint density at radius 2 is 1.81 bits per heavy atom. The molecule has 0 heterocycles. The van der Waals surface area contributed by atoms with Crippen molar-refractivity contribution in [3.8, 4) is 0 Å². The summed E-state index contributed by atoms with van der Waals surface area (Å²) in [7, 11) is -3.80. The molecule has 21 heavy (non-hydrogen) atoms. The zero-order chi connectivity index (χ0) is 15.6. The third-order valence-corrected chi connectivity index (χ3v) is 4.37. The van der Waals surface area contributed by atoms with Crippen LogP contribution in [0.4, 0.5) is 11.4 Å². The molecule has 0 aromatic heterocycles. The quantitative estimate of drug-likeness (QED) is 0.752. The molecule has 0 atom stereocenters. The van der Waals surface area contributed by atoms with Gasteiger partial charge in [-0.1, -0.05) is 23.7 Å². The highest BCUT2D eigenvalue weighted by Crippen LogP contribution is 2.26. The van der Waals surface area contributed by atoms with Crippen LogP contribution in [0.25, 0.3) is 0 Å². The lowest BCUT2D eigenvalue weighted by Gasteiger charge is -2.14. The van der Waals surface area contributed by atoms with Crippen molar-refractivity contribution in [1.29, 1.82) is 0 Å². The van der Waals surface area contributed by atoms with Gasteiger partial charge in [0.25, 0.3) is 0 Å². The van der Waals surface area contributed by atoms with Crippen molar-refractivity contribution in [2.75, 3.05) is 11.1 Å². The van der Waals surface area contributed by atoms with Crippen molar-refractivity contribution >= 4 is 33.0 Å². The number of anilines is 2. The van der Waals surface area contributed by atoms with Crippen molar-refractivity contribution in [3.05, 3.63) is 52.5 Å². The van der Waals surface area contributed by atoms with E-state index in [9.17, 15) is 8.42 Å². The van der Waals surface area contributed by atoms with Gasteiger partial charge in [0.05, 0.1) is 4.90 Å². The minimum Gasteiger partial charge on any atom is -0.399 e. The van der Waals surface area contributed by atoms with Gasteiger partial charge in [0, 0.05) is 22.9 Å². The molecular formula is C14H16ClN3O2S. The maximum Gasteiger partial charge on any atom is 0.238 e. The molecular weight excluding hydrogens is 310 g/mol. The average molecular weight is 326 g/mol. The molecule has 0 amide bonds. The van der Waals surface area contributed by atoms with Gasteiger partial charge in [-0.05, 0) is 42.3 Å². The van der Waals surface area contributed by atoms with Crippen molar-refractivity contribution in [2.45, 2.75) is 18.4 Å². The van der Waals surface area contributed by atoms with E-state index in [2.05, 4.69) is 5.32 Å². The van der Waals surface area contributed by atoms with E-state index in [1.165, 1.54) is 6.07 Å². The lowest BCUT2D eigenvalue weighted by atomic mass is 10.1. The van der Waals surface area contributed by atoms with Gasteiger partial charge in [0.15, 0.2) is 0 Å². The van der Waals surface area contributed by atoms with Crippen molar-refractivity contribution < 1.29 is 8.42 Å². The fraction of sp³-hybridized carbons (Fsp3) is 0.143. The highest BCUT2D eigenvalue weighted by atomic mass is 35.5. The van der Waals surface area contributed by atoms with Gasteiger partial charge in [-0.25, -0.2) is 13.6 Å². The van der Waals surface area contributed by atoms with Crippen LogP contribution in [0.1, 0.15) is 11.1 Å². The molecule has 5 nitrogen and oxygen atoms in total. The molecule has 2 aromatic carbocycles. The Balaban J connectivity index is 2.28. The standard InChI is InChI=1S/C14H16ClN3O2S/c1-9-13(6-12(16)7-14(9)21(17,19)20)18-8-10-2-4-11(15)5-3-10/h2-7,18H,8,16H2,1H3,(H2,17,19,20). The topological polar surface area (TPSA) is 98.2 Å². The highest BCUT2D eigenvalue weighted by Gasteiger charge is 2.15. The lowest BCUT2D eigenvalue weighted by Crippen LogP contribution is -2.15. The van der Waals surface area contributed by atoms with E-state index in [1.54, 1.807) is 25.1 Å². The molecule has 0 aliphatic rings. The van der Waals surface area contributed by atoms with Crippen LogP contribution >= 0.6 is 11.6 Å². The molecule has 2 aromatic rings. The number of nitrogen functional groups attached to an aromatic ring is 1. The van der Waals surface area contributed by atoms with Crippen molar-refractivity contribution in [1.82, 2.24) is 0 Å². The first-order valence-corrected chi connectivity index (χ1v) is 8.11. The summed E-state index contributed by atoms with van der Waals surface area (Å²) in [6.45, 7) is 2.20. The molecule has 0 aliphatic heterocycles. The average Bonchev–Trinajstić information content (AvgIpc) is 2.40. The number of nitrogens with two attached hydrogens (primary N) is 2. The summed E-state index contributed by atoms with van der Waals surface area (Å²) in [5.41, 5.74) is 8.26. The van der Waals surface area contributed by atoms with Crippen LogP contribution in [0, 0.1) is 6.92 Å². The molecule has 112 valence electrons. The molecule has 5 N–H and O–H groups in total. The third kappa shape index (κ3) is 3.87. The number of hydrogen-bond acceptors (Lipinski definition) is 4. The number of sulfonamides is 1. The monoisotopic (exact) mass is 325 g/mol. The maximum absolute atomic E-state index is 11.5. The van der Waals surface area contributed by atoms with E-state index in [-0.39, 0.29) is 4.90 Å². The first kappa shape index (κ1) is 15.6. The van der Waals surface area contributed by atoms with E-state index >= 15 is 0 Å². The Kier molecular flexibility index (Phi) is 4.41. The molecule has 0 saturated carbocycles. The van der Waals surface area contributed by atoms with Crippen LogP contribution < -0.4 is 16.2 Å². The normalized spacial score (nSPS) is 11.4. The highest BCUT2D eigenvalue weighted by molar-refractivity contribution is 7.89. The Hall–Kier alpha value is -1.76. The van der Waals surface area contributed by atoms with Crippen LogP contribution in [-0.4, -0.2) is 8.42 Å². The number of halogens is 1. The molecule has 0 unspecified atom stereocenters. The van der Waals surface area contributed by atoms with Gasteiger partial charge in [0.1, 0.15) is 0 Å². The number of benzene rings is 2. The van der Waals surface area contributed by atoms with E-state index < -0.39 is 10.0 Å². The molecule has 0 radical (unpaired) electrons. The Morgan fingerprint density at radius 1 is 1.19 bits per heavy atom. The predicted octanol–water partition coefficient (Wildman–Crippen LogP) is 2.49. The van der Waals surface area contributed by atoms with Gasteiger partial charge >= 0.3 is 0 Å². The third-order valence-electron chi connectivity index (χ3n) is 3.09. The van der Waals surface area contributed by atoms with Crippen molar-refractivity contribution in [2.24, 2.45) is 5.14 Å². The van der Waals surface area contributed by atoms with E-state index in [1.807, 2.05) is 12.1 Å². The van der Waals surface area contributed by atoms with Crippen LogP contribution in [0.3, 0.4) is 0 Å². The summed E-state index contributed by atoms with van der Waals surface area (Å²) in [6, 6.07) is 10.4. The molecule has 2 rings (SSSR count). The van der Waals surface area contributed by atoms with Gasteiger partial charge in [0.2, 0.25) is 10.0 Å². The van der Waals surface area contributed by atoms with Crippen LogP contribution in [0.2, 0.25) is 5.02 Å². The van der Waals surface area contributed by atoms with E-state index in [0.717, 1.165) is 5.56 Å². The second-order valence-corrected chi connectivity index (χ2v) is 6.68. The zero-order valence-corrected chi connectivity index (χ0v) is 13.0. The number of primary sulfonamides is 1. The lowest BCUT2D eigenvalue weighted by molar-refractivity contribution is 0.597. The summed E-state index contributed by atoms with van der Waals surface area (Å²) >= 11 is 5.83. The summed E-state index contributed by atoms with van der Waals surface area (Å²) in [4.78, 5) is 0.0288. The molecule has 0 spiro atoms. The molecule has 0 saturated heterocycles.